The predicted molar refractivity (Wildman–Crippen MR) is 54.4 cm³/mol. The van der Waals surface area contributed by atoms with Crippen LogP contribution in [0.2, 0.25) is 0 Å². The lowest BCUT2D eigenvalue weighted by molar-refractivity contribution is 0.596. The van der Waals surface area contributed by atoms with Gasteiger partial charge in [0, 0.05) is 6.04 Å². The van der Waals surface area contributed by atoms with Crippen molar-refractivity contribution in [2.45, 2.75) is 32.7 Å². The van der Waals surface area contributed by atoms with E-state index in [1.54, 1.807) is 0 Å². The van der Waals surface area contributed by atoms with Crippen molar-refractivity contribution in [1.29, 1.82) is 0 Å². The van der Waals surface area contributed by atoms with Crippen LogP contribution in [0.5, 0.6) is 0 Å². The Hall–Kier alpha value is -1.12. The SMILES string of the molecule is CCCC(C)Nc1cc(F)ccc1F. The number of benzene rings is 1. The van der Waals surface area contributed by atoms with Gasteiger partial charge in [0.1, 0.15) is 11.6 Å². The van der Waals surface area contributed by atoms with Crippen LogP contribution in [-0.4, -0.2) is 6.04 Å². The van der Waals surface area contributed by atoms with Gasteiger partial charge in [0.25, 0.3) is 0 Å². The van der Waals surface area contributed by atoms with E-state index >= 15 is 0 Å². The maximum absolute atomic E-state index is 13.1. The van der Waals surface area contributed by atoms with Gasteiger partial charge in [-0.25, -0.2) is 8.78 Å². The lowest BCUT2D eigenvalue weighted by Crippen LogP contribution is -2.15. The molecule has 0 aromatic heterocycles. The average Bonchev–Trinajstić information content (AvgIpc) is 2.12. The van der Waals surface area contributed by atoms with Crippen molar-refractivity contribution in [1.82, 2.24) is 0 Å². The molecule has 0 saturated heterocycles. The van der Waals surface area contributed by atoms with Crippen molar-refractivity contribution < 1.29 is 8.78 Å². The van der Waals surface area contributed by atoms with E-state index in [1.807, 2.05) is 6.92 Å². The molecule has 1 rings (SSSR count). The maximum atomic E-state index is 13.1. The number of hydrogen-bond donors (Lipinski definition) is 1. The molecular formula is C11H15F2N. The van der Waals surface area contributed by atoms with E-state index in [0.29, 0.717) is 0 Å². The van der Waals surface area contributed by atoms with Gasteiger partial charge in [0.15, 0.2) is 0 Å². The summed E-state index contributed by atoms with van der Waals surface area (Å²) in [5.41, 5.74) is 0.242. The van der Waals surface area contributed by atoms with Crippen LogP contribution in [0.4, 0.5) is 14.5 Å². The van der Waals surface area contributed by atoms with Gasteiger partial charge >= 0.3 is 0 Å². The fraction of sp³-hybridized carbons (Fsp3) is 0.455. The van der Waals surface area contributed by atoms with Crippen LogP contribution < -0.4 is 5.32 Å². The molecule has 3 heteroatoms. The minimum absolute atomic E-state index is 0.163. The lowest BCUT2D eigenvalue weighted by atomic mass is 10.2. The Balaban J connectivity index is 2.70. The monoisotopic (exact) mass is 199 g/mol. The standard InChI is InChI=1S/C11H15F2N/c1-3-4-8(2)14-11-7-9(12)5-6-10(11)13/h5-8,14H,3-4H2,1-2H3. The summed E-state index contributed by atoms with van der Waals surface area (Å²) < 4.78 is 25.9. The molecule has 0 radical (unpaired) electrons. The Labute approximate surface area is 83.1 Å². The number of halogens is 2. The van der Waals surface area contributed by atoms with Gasteiger partial charge in [-0.15, -0.1) is 0 Å². The summed E-state index contributed by atoms with van der Waals surface area (Å²) >= 11 is 0. The first-order chi connectivity index (χ1) is 6.63. The summed E-state index contributed by atoms with van der Waals surface area (Å²) in [6.45, 7) is 4.01. The van der Waals surface area contributed by atoms with Gasteiger partial charge in [-0.2, -0.15) is 0 Å². The third kappa shape index (κ3) is 2.98. The Bertz CT molecular complexity index is 299. The third-order valence-corrected chi connectivity index (χ3v) is 2.05. The zero-order valence-corrected chi connectivity index (χ0v) is 8.48. The first kappa shape index (κ1) is 11.0. The second-order valence-electron chi connectivity index (χ2n) is 3.46. The van der Waals surface area contributed by atoms with Gasteiger partial charge in [-0.1, -0.05) is 13.3 Å². The van der Waals surface area contributed by atoms with Gasteiger partial charge in [0.2, 0.25) is 0 Å². The van der Waals surface area contributed by atoms with Gasteiger partial charge < -0.3 is 5.32 Å². The molecule has 1 unspecified atom stereocenters. The summed E-state index contributed by atoms with van der Waals surface area (Å²) in [7, 11) is 0. The number of anilines is 1. The van der Waals surface area contributed by atoms with Crippen molar-refractivity contribution >= 4 is 5.69 Å². The van der Waals surface area contributed by atoms with Crippen LogP contribution in [0.1, 0.15) is 26.7 Å². The van der Waals surface area contributed by atoms with E-state index in [1.165, 1.54) is 6.07 Å². The first-order valence-corrected chi connectivity index (χ1v) is 4.85. The molecule has 0 spiro atoms. The lowest BCUT2D eigenvalue weighted by Gasteiger charge is -2.14. The quantitative estimate of drug-likeness (QED) is 0.781. The second-order valence-corrected chi connectivity index (χ2v) is 3.46. The average molecular weight is 199 g/mol. The minimum atomic E-state index is -0.419. The van der Waals surface area contributed by atoms with Crippen LogP contribution >= 0.6 is 0 Å². The summed E-state index contributed by atoms with van der Waals surface area (Å²) in [6, 6.07) is 3.60. The normalized spacial score (nSPS) is 12.6. The van der Waals surface area contributed by atoms with Crippen LogP contribution in [0.25, 0.3) is 0 Å². The fourth-order valence-corrected chi connectivity index (χ4v) is 1.38. The molecule has 0 saturated carbocycles. The highest BCUT2D eigenvalue weighted by Crippen LogP contribution is 2.17. The third-order valence-electron chi connectivity index (χ3n) is 2.05. The number of hydrogen-bond acceptors (Lipinski definition) is 1. The van der Waals surface area contributed by atoms with Crippen molar-refractivity contribution in [2.24, 2.45) is 0 Å². The molecular weight excluding hydrogens is 184 g/mol. The van der Waals surface area contributed by atoms with E-state index in [-0.39, 0.29) is 11.7 Å². The molecule has 1 atom stereocenters. The van der Waals surface area contributed by atoms with Gasteiger partial charge in [0.05, 0.1) is 5.69 Å². The maximum Gasteiger partial charge on any atom is 0.146 e. The molecule has 0 amide bonds. The molecule has 1 N–H and O–H groups in total. The summed E-state index contributed by atoms with van der Waals surface area (Å²) in [5.74, 6) is -0.827. The predicted octanol–water partition coefficient (Wildman–Crippen LogP) is 3.57. The van der Waals surface area contributed by atoms with Gasteiger partial charge in [-0.05, 0) is 31.5 Å². The molecule has 0 heterocycles. The molecule has 0 bridgehead atoms. The smallest absolute Gasteiger partial charge is 0.146 e. The van der Waals surface area contributed by atoms with Crippen molar-refractivity contribution in [3.8, 4) is 0 Å². The van der Waals surface area contributed by atoms with E-state index in [2.05, 4.69) is 12.2 Å². The highest BCUT2D eigenvalue weighted by atomic mass is 19.1. The molecule has 0 aliphatic rings. The van der Waals surface area contributed by atoms with Crippen LogP contribution in [-0.2, 0) is 0 Å². The molecule has 0 aliphatic heterocycles. The van der Waals surface area contributed by atoms with Crippen molar-refractivity contribution in [3.05, 3.63) is 29.8 Å². The first-order valence-electron chi connectivity index (χ1n) is 4.85. The Morgan fingerprint density at radius 3 is 2.71 bits per heavy atom. The van der Waals surface area contributed by atoms with Crippen LogP contribution in [0, 0.1) is 11.6 Å². The number of rotatable bonds is 4. The van der Waals surface area contributed by atoms with Gasteiger partial charge in [-0.3, -0.25) is 0 Å². The Morgan fingerprint density at radius 2 is 2.07 bits per heavy atom. The Morgan fingerprint density at radius 1 is 1.36 bits per heavy atom. The minimum Gasteiger partial charge on any atom is -0.380 e. The van der Waals surface area contributed by atoms with E-state index < -0.39 is 11.6 Å². The molecule has 0 aliphatic carbocycles. The fourth-order valence-electron chi connectivity index (χ4n) is 1.38. The van der Waals surface area contributed by atoms with E-state index in [4.69, 9.17) is 0 Å². The summed E-state index contributed by atoms with van der Waals surface area (Å²) in [5, 5.41) is 2.94. The molecule has 78 valence electrons. The highest BCUT2D eigenvalue weighted by Gasteiger charge is 2.06. The molecule has 14 heavy (non-hydrogen) atoms. The highest BCUT2D eigenvalue weighted by molar-refractivity contribution is 5.45. The second kappa shape index (κ2) is 4.94. The van der Waals surface area contributed by atoms with Crippen molar-refractivity contribution in [2.75, 3.05) is 5.32 Å². The molecule has 1 nitrogen and oxygen atoms in total. The van der Waals surface area contributed by atoms with Crippen molar-refractivity contribution in [3.63, 3.8) is 0 Å². The molecule has 1 aromatic carbocycles. The summed E-state index contributed by atoms with van der Waals surface area (Å²) in [4.78, 5) is 0. The largest absolute Gasteiger partial charge is 0.380 e. The summed E-state index contributed by atoms with van der Waals surface area (Å²) in [6.07, 6.45) is 1.96. The topological polar surface area (TPSA) is 12.0 Å². The van der Waals surface area contributed by atoms with E-state index in [0.717, 1.165) is 25.0 Å². The Kier molecular flexibility index (Phi) is 3.86. The van der Waals surface area contributed by atoms with E-state index in [9.17, 15) is 8.78 Å². The zero-order chi connectivity index (χ0) is 10.6. The number of nitrogens with one attached hydrogen (secondary N) is 1. The zero-order valence-electron chi connectivity index (χ0n) is 8.48. The van der Waals surface area contributed by atoms with Crippen LogP contribution in [0.3, 0.4) is 0 Å². The molecule has 1 aromatic rings. The molecule has 0 fully saturated rings. The van der Waals surface area contributed by atoms with Crippen LogP contribution in [0.15, 0.2) is 18.2 Å².